The Hall–Kier alpha value is -7.46. The first-order valence-corrected chi connectivity index (χ1v) is 28.9. The van der Waals surface area contributed by atoms with Crippen LogP contribution in [-0.2, 0) is 92.6 Å². The lowest BCUT2D eigenvalue weighted by atomic mass is 9.80. The normalized spacial score (nSPS) is 22.5. The molecule has 10 atom stereocenters. The average molecular weight is 1130 g/mol. The number of rotatable bonds is 27. The lowest BCUT2D eigenvalue weighted by Gasteiger charge is -2.48. The minimum absolute atomic E-state index is 0.00584. The first kappa shape index (κ1) is 58.3. The highest BCUT2D eigenvalue weighted by Crippen LogP contribution is 2.42. The van der Waals surface area contributed by atoms with E-state index in [9.17, 15) is 5.11 Å². The second kappa shape index (κ2) is 29.9. The van der Waals surface area contributed by atoms with E-state index in [4.69, 9.17) is 47.4 Å². The number of aliphatic hydroxyl groups is 1. The zero-order chi connectivity index (χ0) is 57.0. The van der Waals surface area contributed by atoms with Crippen molar-refractivity contribution in [1.29, 1.82) is 0 Å². The van der Waals surface area contributed by atoms with Gasteiger partial charge in [-0.3, -0.25) is 0 Å². The van der Waals surface area contributed by atoms with Crippen LogP contribution >= 0.6 is 0 Å². The zero-order valence-corrected chi connectivity index (χ0v) is 46.9. The van der Waals surface area contributed by atoms with Gasteiger partial charge in [-0.1, -0.05) is 273 Å². The topological polar surface area (TPSA) is 113 Å². The molecule has 0 spiro atoms. The minimum Gasteiger partial charge on any atom is -0.368 e. The third-order valence-corrected chi connectivity index (χ3v) is 15.3. The molecule has 0 amide bonds. The van der Waals surface area contributed by atoms with Gasteiger partial charge in [0.05, 0.1) is 52.9 Å². The van der Waals surface area contributed by atoms with E-state index < -0.39 is 67.0 Å². The third-order valence-electron chi connectivity index (χ3n) is 15.3. The van der Waals surface area contributed by atoms with E-state index in [-0.39, 0.29) is 52.9 Å². The molecule has 0 aliphatic carbocycles. The largest absolute Gasteiger partial charge is 0.368 e. The summed E-state index contributed by atoms with van der Waals surface area (Å²) in [6.07, 6.45) is -9.49. The SMILES string of the molecule is O[C@H]1O[C@H](COC2O[C@H](COC(c3ccccc3)(c3ccccc3)c3ccccc3)[C@@H](OCc3ccccc3)[C@H](OCc3ccccc3)[C@H]2OCc2ccccc2)[C@@H](OCc2ccccc2)[C@H](OCc2ccccc2)[C@H]1OCc1ccccc1. The van der Waals surface area contributed by atoms with Crippen molar-refractivity contribution in [3.8, 4) is 0 Å². The first-order chi connectivity index (χ1) is 41.6. The predicted molar refractivity (Wildman–Crippen MR) is 321 cm³/mol. The van der Waals surface area contributed by atoms with E-state index in [2.05, 4.69) is 36.4 Å². The molecule has 11 rings (SSSR count). The van der Waals surface area contributed by atoms with Crippen LogP contribution in [0.2, 0.25) is 0 Å². The van der Waals surface area contributed by atoms with Crippen molar-refractivity contribution in [2.45, 2.75) is 107 Å². The van der Waals surface area contributed by atoms with Crippen LogP contribution in [0.4, 0.5) is 0 Å². The Kier molecular flexibility index (Phi) is 20.7. The van der Waals surface area contributed by atoms with Gasteiger partial charge in [0.2, 0.25) is 0 Å². The predicted octanol–water partition coefficient (Wildman–Crippen LogP) is 13.0. The molecule has 0 radical (unpaired) electrons. The van der Waals surface area contributed by atoms with Crippen molar-refractivity contribution in [2.75, 3.05) is 13.2 Å². The average Bonchev–Trinajstić information content (AvgIpc) is 3.09. The minimum atomic E-state index is -1.45. The van der Waals surface area contributed by atoms with Crippen LogP contribution in [-0.4, -0.2) is 79.7 Å². The molecule has 2 heterocycles. The van der Waals surface area contributed by atoms with Crippen LogP contribution in [0.1, 0.15) is 50.1 Å². The fourth-order valence-electron chi connectivity index (χ4n) is 11.1. The maximum Gasteiger partial charge on any atom is 0.187 e. The second-order valence-corrected chi connectivity index (χ2v) is 21.1. The Bertz CT molecular complexity index is 3170. The molecule has 9 aromatic carbocycles. The molecular weight excluding hydrogens is 1050 g/mol. The second-order valence-electron chi connectivity index (χ2n) is 21.1. The van der Waals surface area contributed by atoms with Gasteiger partial charge in [-0.2, -0.15) is 0 Å². The zero-order valence-electron chi connectivity index (χ0n) is 46.9. The Labute approximate surface area is 493 Å². The summed E-state index contributed by atoms with van der Waals surface area (Å²) in [5.41, 5.74) is 7.36. The number of hydrogen-bond donors (Lipinski definition) is 1. The van der Waals surface area contributed by atoms with E-state index in [1.165, 1.54) is 0 Å². The van der Waals surface area contributed by atoms with Crippen LogP contribution in [0, 0.1) is 0 Å². The highest BCUT2D eigenvalue weighted by Gasteiger charge is 2.53. The monoisotopic (exact) mass is 1120 g/mol. The third kappa shape index (κ3) is 15.1. The molecule has 1 unspecified atom stereocenters. The van der Waals surface area contributed by atoms with E-state index in [1.807, 2.05) is 237 Å². The van der Waals surface area contributed by atoms with Gasteiger partial charge in [0.1, 0.15) is 54.4 Å². The van der Waals surface area contributed by atoms with Gasteiger partial charge in [-0.25, -0.2) is 0 Å². The first-order valence-electron chi connectivity index (χ1n) is 28.9. The summed E-state index contributed by atoms with van der Waals surface area (Å²) in [5.74, 6) is 0. The molecule has 2 aliphatic heterocycles. The van der Waals surface area contributed by atoms with Gasteiger partial charge < -0.3 is 52.5 Å². The Morgan fingerprint density at radius 3 is 0.869 bits per heavy atom. The summed E-state index contributed by atoms with van der Waals surface area (Å²) in [5, 5.41) is 12.2. The van der Waals surface area contributed by atoms with E-state index in [1.54, 1.807) is 0 Å². The molecule has 2 aliphatic rings. The number of hydrogen-bond acceptors (Lipinski definition) is 11. The smallest absolute Gasteiger partial charge is 0.187 e. The highest BCUT2D eigenvalue weighted by molar-refractivity contribution is 5.47. The highest BCUT2D eigenvalue weighted by atomic mass is 16.7. The van der Waals surface area contributed by atoms with Crippen molar-refractivity contribution >= 4 is 0 Å². The van der Waals surface area contributed by atoms with Gasteiger partial charge >= 0.3 is 0 Å². The fraction of sp³-hybridized carbons (Fsp3) is 0.260. The molecule has 11 heteroatoms. The summed E-state index contributed by atoms with van der Waals surface area (Å²) in [4.78, 5) is 0. The van der Waals surface area contributed by atoms with Gasteiger partial charge in [0, 0.05) is 0 Å². The van der Waals surface area contributed by atoms with E-state index >= 15 is 0 Å². The maximum absolute atomic E-state index is 12.2. The standard InChI is InChI=1S/C73H72O11/c74-71-69(79-50-58-36-18-5-19-37-58)67(77-48-56-32-14-3-15-33-56)65(75-46-54-28-10-1-11-29-54)63(83-71)52-81-72-70(80-51-59-38-20-6-21-39-59)68(78-49-57-34-16-4-17-35-57)66(76-47-55-30-12-2-13-31-55)64(84-72)53-82-73(60-40-22-7-23-41-60,61-42-24-8-25-43-61)62-44-26-9-27-45-62/h1-45,63-72,74H,46-53H2/t63-,64-,65-,66-,67+,68+,69-,70-,71+,72?/m1/s1. The molecule has 0 bridgehead atoms. The molecule has 430 valence electrons. The van der Waals surface area contributed by atoms with Gasteiger partial charge in [0.25, 0.3) is 0 Å². The van der Waals surface area contributed by atoms with Crippen LogP contribution in [0.25, 0.3) is 0 Å². The van der Waals surface area contributed by atoms with E-state index in [0.717, 1.165) is 50.1 Å². The van der Waals surface area contributed by atoms with Crippen molar-refractivity contribution in [3.63, 3.8) is 0 Å². The number of ether oxygens (including phenoxy) is 10. The maximum atomic E-state index is 12.2. The molecule has 84 heavy (non-hydrogen) atoms. The summed E-state index contributed by atoms with van der Waals surface area (Å²) >= 11 is 0. The molecule has 2 fully saturated rings. The van der Waals surface area contributed by atoms with Crippen LogP contribution in [0.15, 0.2) is 273 Å². The summed E-state index contributed by atoms with van der Waals surface area (Å²) in [6.45, 7) is 1.15. The Morgan fingerprint density at radius 1 is 0.274 bits per heavy atom. The number of aliphatic hydroxyl groups excluding tert-OH is 1. The van der Waals surface area contributed by atoms with Gasteiger partial charge in [0.15, 0.2) is 12.6 Å². The van der Waals surface area contributed by atoms with Crippen molar-refractivity contribution in [3.05, 3.63) is 323 Å². The van der Waals surface area contributed by atoms with Crippen molar-refractivity contribution < 1.29 is 52.5 Å². The van der Waals surface area contributed by atoms with Crippen molar-refractivity contribution in [1.82, 2.24) is 0 Å². The lowest BCUT2D eigenvalue weighted by molar-refractivity contribution is -0.350. The molecule has 1 N–H and O–H groups in total. The number of benzene rings is 9. The summed E-state index contributed by atoms with van der Waals surface area (Å²) < 4.78 is 70.8. The van der Waals surface area contributed by atoms with Gasteiger partial charge in [-0.15, -0.1) is 0 Å². The molecule has 11 nitrogen and oxygen atoms in total. The fourth-order valence-corrected chi connectivity index (χ4v) is 11.1. The summed E-state index contributed by atoms with van der Waals surface area (Å²) in [6, 6.07) is 90.6. The Balaban J connectivity index is 0.982. The summed E-state index contributed by atoms with van der Waals surface area (Å²) in [7, 11) is 0. The molecule has 0 saturated carbocycles. The quantitative estimate of drug-likeness (QED) is 0.0497. The molecule has 0 aromatic heterocycles. The molecular formula is C73H72O11. The lowest BCUT2D eigenvalue weighted by Crippen LogP contribution is -2.64. The van der Waals surface area contributed by atoms with Crippen molar-refractivity contribution in [2.24, 2.45) is 0 Å². The Morgan fingerprint density at radius 2 is 0.536 bits per heavy atom. The molecule has 2 saturated heterocycles. The van der Waals surface area contributed by atoms with E-state index in [0.29, 0.717) is 0 Å². The van der Waals surface area contributed by atoms with Gasteiger partial charge in [-0.05, 0) is 50.1 Å². The van der Waals surface area contributed by atoms with Crippen LogP contribution < -0.4 is 0 Å². The van der Waals surface area contributed by atoms with Crippen LogP contribution in [0.3, 0.4) is 0 Å². The van der Waals surface area contributed by atoms with Crippen LogP contribution in [0.5, 0.6) is 0 Å². The molecule has 9 aromatic rings.